The van der Waals surface area contributed by atoms with Crippen LogP contribution in [0.25, 0.3) is 6.08 Å². The molecule has 0 saturated carbocycles. The Kier molecular flexibility index (Phi) is 6.06. The smallest absolute Gasteiger partial charge is 0.267 e. The molecule has 2 rings (SSSR count). The number of nitrogens with zero attached hydrogens (tertiary/aromatic N) is 4. The SMILES string of the molecule is N#CC(=Cc1ccccc1[N+](=O)[O-])C(=O)NN=Cc1ccccc1[N+](=O)[O-]. The van der Waals surface area contributed by atoms with Gasteiger partial charge in [0, 0.05) is 12.1 Å². The number of para-hydroxylation sites is 2. The molecule has 0 unspecified atom stereocenters. The van der Waals surface area contributed by atoms with Crippen molar-refractivity contribution in [3.8, 4) is 6.07 Å². The van der Waals surface area contributed by atoms with Gasteiger partial charge in [0.15, 0.2) is 0 Å². The first-order chi connectivity index (χ1) is 12.9. The predicted molar refractivity (Wildman–Crippen MR) is 95.5 cm³/mol. The summed E-state index contributed by atoms with van der Waals surface area (Å²) in [6.45, 7) is 0. The molecule has 0 radical (unpaired) electrons. The van der Waals surface area contributed by atoms with Crippen molar-refractivity contribution in [3.05, 3.63) is 85.5 Å². The van der Waals surface area contributed by atoms with Crippen LogP contribution in [-0.2, 0) is 4.79 Å². The summed E-state index contributed by atoms with van der Waals surface area (Å²) in [5, 5.41) is 34.6. The van der Waals surface area contributed by atoms with Crippen LogP contribution in [0.2, 0.25) is 0 Å². The molecular formula is C17H11N5O5. The molecule has 27 heavy (non-hydrogen) atoms. The van der Waals surface area contributed by atoms with Gasteiger partial charge in [0.1, 0.15) is 11.6 Å². The molecule has 0 aliphatic heterocycles. The zero-order valence-electron chi connectivity index (χ0n) is 13.6. The number of nitro groups is 2. The Morgan fingerprint density at radius 3 is 2.07 bits per heavy atom. The van der Waals surface area contributed by atoms with Crippen LogP contribution >= 0.6 is 0 Å². The van der Waals surface area contributed by atoms with Gasteiger partial charge in [-0.3, -0.25) is 25.0 Å². The lowest BCUT2D eigenvalue weighted by Crippen LogP contribution is -2.19. The Bertz CT molecular complexity index is 1010. The highest BCUT2D eigenvalue weighted by molar-refractivity contribution is 6.02. The first kappa shape index (κ1) is 18.9. The molecule has 1 amide bonds. The highest BCUT2D eigenvalue weighted by atomic mass is 16.6. The fourth-order valence-electron chi connectivity index (χ4n) is 2.06. The highest BCUT2D eigenvalue weighted by Gasteiger charge is 2.15. The molecule has 2 aromatic rings. The molecule has 2 aromatic carbocycles. The summed E-state index contributed by atoms with van der Waals surface area (Å²) in [4.78, 5) is 32.7. The Morgan fingerprint density at radius 2 is 1.52 bits per heavy atom. The van der Waals surface area contributed by atoms with E-state index in [9.17, 15) is 25.0 Å². The van der Waals surface area contributed by atoms with E-state index >= 15 is 0 Å². The standard InChI is InChI=1S/C17H11N5O5/c18-10-14(9-12-5-1-3-7-15(12)21(24)25)17(23)20-19-11-13-6-2-4-8-16(13)22(26)27/h1-9,11H,(H,20,23). The number of benzene rings is 2. The van der Waals surface area contributed by atoms with Crippen LogP contribution in [0.5, 0.6) is 0 Å². The minimum Gasteiger partial charge on any atom is -0.267 e. The Balaban J connectivity index is 2.21. The van der Waals surface area contributed by atoms with Crippen LogP contribution < -0.4 is 5.43 Å². The van der Waals surface area contributed by atoms with Gasteiger partial charge in [-0.1, -0.05) is 24.3 Å². The van der Waals surface area contributed by atoms with Crippen LogP contribution in [0, 0.1) is 31.6 Å². The topological polar surface area (TPSA) is 152 Å². The second-order valence-corrected chi connectivity index (χ2v) is 5.00. The van der Waals surface area contributed by atoms with Crippen LogP contribution in [0.15, 0.2) is 59.2 Å². The molecule has 10 nitrogen and oxygen atoms in total. The van der Waals surface area contributed by atoms with E-state index in [0.29, 0.717) is 0 Å². The van der Waals surface area contributed by atoms with Crippen molar-refractivity contribution in [2.24, 2.45) is 5.10 Å². The summed E-state index contributed by atoms with van der Waals surface area (Å²) >= 11 is 0. The number of hydrogen-bond donors (Lipinski definition) is 1. The number of carbonyl (C=O) groups excluding carboxylic acids is 1. The van der Waals surface area contributed by atoms with E-state index in [4.69, 9.17) is 5.26 Å². The van der Waals surface area contributed by atoms with Gasteiger partial charge in [-0.2, -0.15) is 10.4 Å². The minimum absolute atomic E-state index is 0.0804. The van der Waals surface area contributed by atoms with Gasteiger partial charge in [0.25, 0.3) is 17.3 Å². The third-order valence-electron chi connectivity index (χ3n) is 3.30. The molecular weight excluding hydrogens is 354 g/mol. The molecule has 0 bridgehead atoms. The van der Waals surface area contributed by atoms with Gasteiger partial charge in [0.05, 0.1) is 27.2 Å². The monoisotopic (exact) mass is 365 g/mol. The number of hydrazone groups is 1. The quantitative estimate of drug-likeness (QED) is 0.273. The normalized spacial score (nSPS) is 11.0. The van der Waals surface area contributed by atoms with Crippen molar-refractivity contribution >= 4 is 29.6 Å². The number of carbonyl (C=O) groups is 1. The first-order valence-electron chi connectivity index (χ1n) is 7.36. The largest absolute Gasteiger partial charge is 0.282 e. The summed E-state index contributed by atoms with van der Waals surface area (Å²) in [5.41, 5.74) is 1.42. The van der Waals surface area contributed by atoms with Crippen molar-refractivity contribution in [1.29, 1.82) is 5.26 Å². The van der Waals surface area contributed by atoms with E-state index in [1.807, 2.05) is 0 Å². The third kappa shape index (κ3) is 4.80. The minimum atomic E-state index is -0.912. The maximum absolute atomic E-state index is 12.0. The number of nitrogens with one attached hydrogen (secondary N) is 1. The van der Waals surface area contributed by atoms with Crippen molar-refractivity contribution in [2.45, 2.75) is 0 Å². The molecule has 1 N–H and O–H groups in total. The zero-order chi connectivity index (χ0) is 19.8. The Morgan fingerprint density at radius 1 is 1.00 bits per heavy atom. The van der Waals surface area contributed by atoms with Gasteiger partial charge >= 0.3 is 0 Å². The predicted octanol–water partition coefficient (Wildman–Crippen LogP) is 2.56. The average Bonchev–Trinajstić information content (AvgIpc) is 2.66. The molecule has 0 aliphatic carbocycles. The van der Waals surface area contributed by atoms with E-state index < -0.39 is 21.3 Å². The zero-order valence-corrected chi connectivity index (χ0v) is 13.6. The lowest BCUT2D eigenvalue weighted by molar-refractivity contribution is -0.385. The summed E-state index contributed by atoms with van der Waals surface area (Å²) in [7, 11) is 0. The average molecular weight is 365 g/mol. The van der Waals surface area contributed by atoms with E-state index in [1.54, 1.807) is 12.1 Å². The molecule has 0 fully saturated rings. The lowest BCUT2D eigenvalue weighted by atomic mass is 10.1. The maximum atomic E-state index is 12.0. The van der Waals surface area contributed by atoms with Crippen molar-refractivity contribution in [3.63, 3.8) is 0 Å². The van der Waals surface area contributed by atoms with Crippen LogP contribution in [0.3, 0.4) is 0 Å². The van der Waals surface area contributed by atoms with Crippen molar-refractivity contribution in [2.75, 3.05) is 0 Å². The number of nitriles is 1. The van der Waals surface area contributed by atoms with E-state index in [1.165, 1.54) is 42.5 Å². The fourth-order valence-corrected chi connectivity index (χ4v) is 2.06. The van der Waals surface area contributed by atoms with Crippen LogP contribution in [-0.4, -0.2) is 22.0 Å². The summed E-state index contributed by atoms with van der Waals surface area (Å²) in [6.07, 6.45) is 2.13. The Labute approximate surface area is 152 Å². The lowest BCUT2D eigenvalue weighted by Gasteiger charge is -2.00. The van der Waals surface area contributed by atoms with Gasteiger partial charge < -0.3 is 0 Å². The van der Waals surface area contributed by atoms with E-state index in [-0.39, 0.29) is 22.5 Å². The number of nitro benzene ring substituents is 2. The molecule has 10 heteroatoms. The molecule has 0 atom stereocenters. The first-order valence-corrected chi connectivity index (χ1v) is 7.36. The van der Waals surface area contributed by atoms with Gasteiger partial charge in [-0.25, -0.2) is 5.43 Å². The van der Waals surface area contributed by atoms with Crippen LogP contribution in [0.1, 0.15) is 11.1 Å². The van der Waals surface area contributed by atoms with Crippen LogP contribution in [0.4, 0.5) is 11.4 Å². The fraction of sp³-hybridized carbons (Fsp3) is 0. The van der Waals surface area contributed by atoms with Crippen molar-refractivity contribution in [1.82, 2.24) is 5.43 Å². The molecule has 0 aliphatic rings. The van der Waals surface area contributed by atoms with Gasteiger partial charge in [-0.15, -0.1) is 0 Å². The highest BCUT2D eigenvalue weighted by Crippen LogP contribution is 2.20. The third-order valence-corrected chi connectivity index (χ3v) is 3.30. The second-order valence-electron chi connectivity index (χ2n) is 5.00. The summed E-state index contributed by atoms with van der Waals surface area (Å²) in [5.74, 6) is -0.912. The number of rotatable bonds is 6. The van der Waals surface area contributed by atoms with E-state index in [0.717, 1.165) is 12.3 Å². The van der Waals surface area contributed by atoms with E-state index in [2.05, 4.69) is 10.5 Å². The number of hydrogen-bond acceptors (Lipinski definition) is 7. The van der Waals surface area contributed by atoms with Gasteiger partial charge in [-0.05, 0) is 18.2 Å². The molecule has 0 spiro atoms. The van der Waals surface area contributed by atoms with Gasteiger partial charge in [0.2, 0.25) is 0 Å². The summed E-state index contributed by atoms with van der Waals surface area (Å²) < 4.78 is 0. The second kappa shape index (κ2) is 8.63. The summed E-state index contributed by atoms with van der Waals surface area (Å²) in [6, 6.07) is 13.0. The maximum Gasteiger partial charge on any atom is 0.282 e. The molecule has 0 saturated heterocycles. The molecule has 0 heterocycles. The van der Waals surface area contributed by atoms with Crippen molar-refractivity contribution < 1.29 is 14.6 Å². The number of amides is 1. The Hall–Kier alpha value is -4.39. The molecule has 0 aromatic heterocycles. The molecule has 134 valence electrons.